The minimum atomic E-state index is 0.0456. The molecule has 0 aromatic heterocycles. The Morgan fingerprint density at radius 1 is 1.59 bits per heavy atom. The molecule has 1 rings (SSSR count). The Kier molecular flexibility index (Phi) is 5.31. The van der Waals surface area contributed by atoms with E-state index in [2.05, 4.69) is 37.8 Å². The molecule has 98 valence electrons. The van der Waals surface area contributed by atoms with E-state index in [0.29, 0.717) is 18.5 Å². The van der Waals surface area contributed by atoms with Crippen LogP contribution < -0.4 is 5.32 Å². The summed E-state index contributed by atoms with van der Waals surface area (Å²) in [7, 11) is 0. The first-order valence-corrected chi connectivity index (χ1v) is 6.66. The van der Waals surface area contributed by atoms with Crippen LogP contribution in [0.2, 0.25) is 0 Å². The minimum Gasteiger partial charge on any atom is -0.309 e. The average Bonchev–Trinajstić information content (AvgIpc) is 2.68. The predicted octanol–water partition coefficient (Wildman–Crippen LogP) is 2.45. The van der Waals surface area contributed by atoms with E-state index in [4.69, 9.17) is 0 Å². The minimum absolute atomic E-state index is 0.0456. The highest BCUT2D eigenvalue weighted by Gasteiger charge is 2.35. The summed E-state index contributed by atoms with van der Waals surface area (Å²) in [5.41, 5.74) is 0.206. The second-order valence-corrected chi connectivity index (χ2v) is 5.94. The predicted molar refractivity (Wildman–Crippen MR) is 72.6 cm³/mol. The molecule has 0 aromatic rings. The molecule has 1 saturated heterocycles. The number of carbonyl (C=O) groups excluding carboxylic acids is 1. The summed E-state index contributed by atoms with van der Waals surface area (Å²) in [6.07, 6.45) is 5.45. The number of hydrogen-bond acceptors (Lipinski definition) is 3. The first-order chi connectivity index (χ1) is 8.00. The second-order valence-electron chi connectivity index (χ2n) is 5.94. The lowest BCUT2D eigenvalue weighted by Gasteiger charge is -2.28. The Balaban J connectivity index is 2.40. The van der Waals surface area contributed by atoms with Gasteiger partial charge in [0.2, 0.25) is 0 Å². The van der Waals surface area contributed by atoms with Crippen LogP contribution in [0.4, 0.5) is 0 Å². The zero-order chi connectivity index (χ0) is 12.9. The van der Waals surface area contributed by atoms with Crippen LogP contribution in [0.5, 0.6) is 0 Å². The van der Waals surface area contributed by atoms with E-state index >= 15 is 0 Å². The summed E-state index contributed by atoms with van der Waals surface area (Å²) in [5.74, 6) is 0.734. The van der Waals surface area contributed by atoms with Gasteiger partial charge in [-0.2, -0.15) is 0 Å². The Bertz CT molecular complexity index is 265. The van der Waals surface area contributed by atoms with Crippen molar-refractivity contribution in [1.29, 1.82) is 0 Å². The molecule has 1 heterocycles. The van der Waals surface area contributed by atoms with Gasteiger partial charge in [0.1, 0.15) is 6.29 Å². The number of carbonyl (C=O) groups is 1. The van der Waals surface area contributed by atoms with Gasteiger partial charge in [-0.1, -0.05) is 13.8 Å². The van der Waals surface area contributed by atoms with Gasteiger partial charge in [0.15, 0.2) is 0 Å². The van der Waals surface area contributed by atoms with E-state index in [0.717, 1.165) is 19.1 Å². The van der Waals surface area contributed by atoms with E-state index in [1.54, 1.807) is 0 Å². The van der Waals surface area contributed by atoms with Crippen molar-refractivity contribution in [3.8, 4) is 0 Å². The number of rotatable bonds is 7. The van der Waals surface area contributed by atoms with Crippen LogP contribution in [0.1, 0.15) is 46.5 Å². The maximum Gasteiger partial charge on any atom is 0.124 e. The van der Waals surface area contributed by atoms with Crippen LogP contribution in [0, 0.1) is 11.8 Å². The molecule has 0 spiro atoms. The molecule has 3 heteroatoms. The Morgan fingerprint density at radius 3 is 2.76 bits per heavy atom. The maximum absolute atomic E-state index is 10.9. The van der Waals surface area contributed by atoms with Crippen molar-refractivity contribution in [2.24, 2.45) is 16.8 Å². The van der Waals surface area contributed by atoms with Gasteiger partial charge in [-0.05, 0) is 45.2 Å². The highest BCUT2D eigenvalue weighted by molar-refractivity contribution is 5.54. The third-order valence-electron chi connectivity index (χ3n) is 3.97. The summed E-state index contributed by atoms with van der Waals surface area (Å²) in [4.78, 5) is 14.7. The molecule has 0 bridgehead atoms. The molecule has 0 aromatic carbocycles. The van der Waals surface area contributed by atoms with Gasteiger partial charge in [0.25, 0.3) is 0 Å². The van der Waals surface area contributed by atoms with Crippen molar-refractivity contribution in [3.63, 3.8) is 0 Å². The standard InChI is InChI=1S/C14H26N2O/c1-11(2)13-6-8-14(3,16-13)7-5-12(10-17)9-15-4/h10-13,16H,4-9H2,1-3H3. The molecule has 0 amide bonds. The number of aldehydes is 1. The van der Waals surface area contributed by atoms with E-state index < -0.39 is 0 Å². The molecule has 3 atom stereocenters. The van der Waals surface area contributed by atoms with Gasteiger partial charge in [0.05, 0.1) is 0 Å². The quantitative estimate of drug-likeness (QED) is 0.547. The molecule has 1 N–H and O–H groups in total. The molecule has 0 saturated carbocycles. The molecule has 1 aliphatic rings. The number of nitrogens with zero attached hydrogens (tertiary/aromatic N) is 1. The van der Waals surface area contributed by atoms with Crippen molar-refractivity contribution in [1.82, 2.24) is 5.32 Å². The van der Waals surface area contributed by atoms with Crippen LogP contribution in [0.15, 0.2) is 4.99 Å². The SMILES string of the molecule is C=NCC(C=O)CCC1(C)CCC(C(C)C)N1. The summed E-state index contributed by atoms with van der Waals surface area (Å²) in [5, 5.41) is 3.73. The molecular formula is C14H26N2O. The zero-order valence-corrected chi connectivity index (χ0v) is 11.4. The monoisotopic (exact) mass is 238 g/mol. The van der Waals surface area contributed by atoms with Gasteiger partial charge in [-0.3, -0.25) is 0 Å². The van der Waals surface area contributed by atoms with Crippen molar-refractivity contribution < 1.29 is 4.79 Å². The smallest absolute Gasteiger partial charge is 0.124 e. The summed E-state index contributed by atoms with van der Waals surface area (Å²) in [6, 6.07) is 0.632. The number of aliphatic imine (C=N–C) groups is 1. The third kappa shape index (κ3) is 4.23. The maximum atomic E-state index is 10.9. The van der Waals surface area contributed by atoms with Crippen molar-refractivity contribution in [3.05, 3.63) is 0 Å². The molecular weight excluding hydrogens is 212 g/mol. The fourth-order valence-electron chi connectivity index (χ4n) is 2.64. The highest BCUT2D eigenvalue weighted by atomic mass is 16.1. The molecule has 17 heavy (non-hydrogen) atoms. The first kappa shape index (κ1) is 14.4. The van der Waals surface area contributed by atoms with Crippen molar-refractivity contribution in [2.75, 3.05) is 6.54 Å². The highest BCUT2D eigenvalue weighted by Crippen LogP contribution is 2.31. The Labute approximate surface area is 105 Å². The van der Waals surface area contributed by atoms with Crippen LogP contribution in [-0.4, -0.2) is 31.1 Å². The van der Waals surface area contributed by atoms with Crippen LogP contribution >= 0.6 is 0 Å². The van der Waals surface area contributed by atoms with Crippen molar-refractivity contribution >= 4 is 13.0 Å². The lowest BCUT2D eigenvalue weighted by molar-refractivity contribution is -0.111. The lowest BCUT2D eigenvalue weighted by Crippen LogP contribution is -2.42. The van der Waals surface area contributed by atoms with Gasteiger partial charge >= 0.3 is 0 Å². The Morgan fingerprint density at radius 2 is 2.29 bits per heavy atom. The van der Waals surface area contributed by atoms with Crippen LogP contribution in [0.25, 0.3) is 0 Å². The van der Waals surface area contributed by atoms with E-state index in [-0.39, 0.29) is 11.5 Å². The fourth-order valence-corrected chi connectivity index (χ4v) is 2.64. The van der Waals surface area contributed by atoms with Crippen molar-refractivity contribution in [2.45, 2.75) is 58.0 Å². The van der Waals surface area contributed by atoms with Gasteiger partial charge in [0, 0.05) is 24.0 Å². The molecule has 3 unspecified atom stereocenters. The van der Waals surface area contributed by atoms with Gasteiger partial charge in [-0.15, -0.1) is 0 Å². The number of nitrogens with one attached hydrogen (secondary N) is 1. The van der Waals surface area contributed by atoms with Gasteiger partial charge < -0.3 is 15.1 Å². The average molecular weight is 238 g/mol. The lowest BCUT2D eigenvalue weighted by atomic mass is 9.90. The van der Waals surface area contributed by atoms with Crippen LogP contribution in [0.3, 0.4) is 0 Å². The molecule has 3 nitrogen and oxygen atoms in total. The van der Waals surface area contributed by atoms with E-state index in [1.165, 1.54) is 12.8 Å². The first-order valence-electron chi connectivity index (χ1n) is 6.66. The normalized spacial score (nSPS) is 30.5. The molecule has 1 fully saturated rings. The summed E-state index contributed by atoms with van der Waals surface area (Å²) in [6.45, 7) is 10.8. The largest absolute Gasteiger partial charge is 0.309 e. The molecule has 0 aliphatic carbocycles. The molecule has 1 aliphatic heterocycles. The number of hydrogen-bond donors (Lipinski definition) is 1. The topological polar surface area (TPSA) is 41.5 Å². The van der Waals surface area contributed by atoms with E-state index in [1.807, 2.05) is 0 Å². The Hall–Kier alpha value is -0.700. The third-order valence-corrected chi connectivity index (χ3v) is 3.97. The molecule has 0 radical (unpaired) electrons. The summed E-state index contributed by atoms with van der Waals surface area (Å²) < 4.78 is 0. The summed E-state index contributed by atoms with van der Waals surface area (Å²) >= 11 is 0. The van der Waals surface area contributed by atoms with Crippen LogP contribution in [-0.2, 0) is 4.79 Å². The second kappa shape index (κ2) is 6.29. The van der Waals surface area contributed by atoms with Gasteiger partial charge in [-0.25, -0.2) is 0 Å². The fraction of sp³-hybridized carbons (Fsp3) is 0.857. The zero-order valence-electron chi connectivity index (χ0n) is 11.4. The van der Waals surface area contributed by atoms with E-state index in [9.17, 15) is 4.79 Å².